The predicted octanol–water partition coefficient (Wildman–Crippen LogP) is 2.43. The molecule has 0 unspecified atom stereocenters. The molecule has 1 amide bonds. The minimum Gasteiger partial charge on any atom is -0.274 e. The molecule has 20 heavy (non-hydrogen) atoms. The van der Waals surface area contributed by atoms with Gasteiger partial charge in [0.1, 0.15) is 0 Å². The summed E-state index contributed by atoms with van der Waals surface area (Å²) in [7, 11) is 0. The summed E-state index contributed by atoms with van der Waals surface area (Å²) >= 11 is 0. The lowest BCUT2D eigenvalue weighted by atomic mass is 10.1. The van der Waals surface area contributed by atoms with E-state index in [1.165, 1.54) is 0 Å². The summed E-state index contributed by atoms with van der Waals surface area (Å²) in [6.07, 6.45) is 3.83. The average Bonchev–Trinajstić information content (AvgIpc) is 3.24. The zero-order chi connectivity index (χ0) is 13.9. The third-order valence-electron chi connectivity index (χ3n) is 3.33. The molecular formula is C15H17N3O2. The van der Waals surface area contributed by atoms with Gasteiger partial charge in [-0.3, -0.25) is 9.63 Å². The second-order valence-electron chi connectivity index (χ2n) is 4.83. The summed E-state index contributed by atoms with van der Waals surface area (Å²) in [5.41, 5.74) is 5.00. The quantitative estimate of drug-likeness (QED) is 0.850. The van der Waals surface area contributed by atoms with Gasteiger partial charge in [0.25, 0.3) is 5.91 Å². The molecule has 1 aromatic carbocycles. The molecule has 0 radical (unpaired) electrons. The van der Waals surface area contributed by atoms with Crippen LogP contribution in [0.15, 0.2) is 36.5 Å². The van der Waals surface area contributed by atoms with Crippen molar-refractivity contribution >= 4 is 5.91 Å². The molecule has 104 valence electrons. The second kappa shape index (κ2) is 5.46. The van der Waals surface area contributed by atoms with Crippen LogP contribution in [0.5, 0.6) is 0 Å². The van der Waals surface area contributed by atoms with E-state index in [-0.39, 0.29) is 5.91 Å². The number of rotatable bonds is 5. The van der Waals surface area contributed by atoms with E-state index in [9.17, 15) is 4.79 Å². The summed E-state index contributed by atoms with van der Waals surface area (Å²) < 4.78 is 1.86. The number of para-hydroxylation sites is 1. The van der Waals surface area contributed by atoms with Gasteiger partial charge in [-0.25, -0.2) is 10.2 Å². The number of nitrogens with zero attached hydrogens (tertiary/aromatic N) is 2. The number of nitrogens with one attached hydrogen (secondary N) is 1. The number of benzene rings is 1. The normalized spacial score (nSPS) is 14.2. The molecule has 1 saturated carbocycles. The first-order chi connectivity index (χ1) is 9.81. The van der Waals surface area contributed by atoms with E-state index in [1.54, 1.807) is 6.20 Å². The molecule has 0 bridgehead atoms. The van der Waals surface area contributed by atoms with Crippen LogP contribution < -0.4 is 5.48 Å². The lowest BCUT2D eigenvalue weighted by molar-refractivity contribution is 0.0363. The molecule has 0 spiro atoms. The Labute approximate surface area is 117 Å². The Balaban J connectivity index is 1.96. The van der Waals surface area contributed by atoms with Gasteiger partial charge in [-0.15, -0.1) is 0 Å². The maximum absolute atomic E-state index is 12.1. The molecule has 5 heteroatoms. The van der Waals surface area contributed by atoms with Crippen molar-refractivity contribution in [2.75, 3.05) is 6.61 Å². The summed E-state index contributed by atoms with van der Waals surface area (Å²) in [4.78, 5) is 17.1. The fourth-order valence-electron chi connectivity index (χ4n) is 2.25. The molecule has 1 aliphatic carbocycles. The highest BCUT2D eigenvalue weighted by Crippen LogP contribution is 2.42. The van der Waals surface area contributed by atoms with E-state index < -0.39 is 0 Å². The number of aromatic nitrogens is 2. The molecule has 2 aromatic rings. The van der Waals surface area contributed by atoms with Gasteiger partial charge >= 0.3 is 0 Å². The Kier molecular flexibility index (Phi) is 3.52. The van der Waals surface area contributed by atoms with Gasteiger partial charge in [0.05, 0.1) is 29.7 Å². The van der Waals surface area contributed by atoms with Crippen molar-refractivity contribution in [3.63, 3.8) is 0 Å². The van der Waals surface area contributed by atoms with Crippen molar-refractivity contribution in [1.82, 2.24) is 15.3 Å². The second-order valence-corrected chi connectivity index (χ2v) is 4.83. The van der Waals surface area contributed by atoms with E-state index in [4.69, 9.17) is 4.84 Å². The Hall–Kier alpha value is -2.14. The first-order valence-electron chi connectivity index (χ1n) is 6.86. The number of hydroxylamine groups is 1. The number of carbonyl (C=O) groups is 1. The largest absolute Gasteiger partial charge is 0.278 e. The van der Waals surface area contributed by atoms with Gasteiger partial charge in [-0.2, -0.15) is 5.10 Å². The Morgan fingerprint density at radius 2 is 2.15 bits per heavy atom. The molecule has 0 aliphatic heterocycles. The van der Waals surface area contributed by atoms with E-state index in [0.717, 1.165) is 24.2 Å². The van der Waals surface area contributed by atoms with Crippen LogP contribution in [0.4, 0.5) is 0 Å². The average molecular weight is 271 g/mol. The number of hydrogen-bond donors (Lipinski definition) is 1. The summed E-state index contributed by atoms with van der Waals surface area (Å²) in [5.74, 6) is 0.191. The molecular weight excluding hydrogens is 254 g/mol. The molecule has 1 aliphatic rings. The molecule has 0 atom stereocenters. The molecule has 0 saturated heterocycles. The third kappa shape index (κ3) is 2.44. The van der Waals surface area contributed by atoms with Crippen molar-refractivity contribution in [2.45, 2.75) is 25.7 Å². The van der Waals surface area contributed by atoms with Crippen LogP contribution in [0.25, 0.3) is 5.69 Å². The smallest absolute Gasteiger partial charge is 0.274 e. The lowest BCUT2D eigenvalue weighted by Crippen LogP contribution is -2.24. The van der Waals surface area contributed by atoms with Crippen LogP contribution in [0.1, 0.15) is 41.7 Å². The first-order valence-corrected chi connectivity index (χ1v) is 6.86. The monoisotopic (exact) mass is 271 g/mol. The number of hydrogen-bond acceptors (Lipinski definition) is 3. The van der Waals surface area contributed by atoms with Gasteiger partial charge in [0, 0.05) is 5.92 Å². The fourth-order valence-corrected chi connectivity index (χ4v) is 2.25. The Morgan fingerprint density at radius 1 is 1.40 bits per heavy atom. The molecule has 1 N–H and O–H groups in total. The summed E-state index contributed by atoms with van der Waals surface area (Å²) in [6.45, 7) is 2.27. The summed E-state index contributed by atoms with van der Waals surface area (Å²) in [5, 5.41) is 4.38. The van der Waals surface area contributed by atoms with Gasteiger partial charge in [-0.05, 0) is 31.9 Å². The Morgan fingerprint density at radius 3 is 2.80 bits per heavy atom. The van der Waals surface area contributed by atoms with Crippen LogP contribution in [-0.2, 0) is 4.84 Å². The maximum atomic E-state index is 12.1. The third-order valence-corrected chi connectivity index (χ3v) is 3.33. The zero-order valence-corrected chi connectivity index (χ0v) is 11.4. The molecule has 5 nitrogen and oxygen atoms in total. The van der Waals surface area contributed by atoms with Crippen LogP contribution in [0.3, 0.4) is 0 Å². The summed E-state index contributed by atoms with van der Waals surface area (Å²) in [6, 6.07) is 9.87. The van der Waals surface area contributed by atoms with E-state index >= 15 is 0 Å². The van der Waals surface area contributed by atoms with Crippen LogP contribution >= 0.6 is 0 Å². The lowest BCUT2D eigenvalue weighted by Gasteiger charge is -2.09. The highest BCUT2D eigenvalue weighted by molar-refractivity contribution is 5.94. The van der Waals surface area contributed by atoms with Gasteiger partial charge in [-0.1, -0.05) is 18.2 Å². The molecule has 1 heterocycles. The van der Waals surface area contributed by atoms with Crippen LogP contribution in [-0.4, -0.2) is 22.3 Å². The topological polar surface area (TPSA) is 56.1 Å². The van der Waals surface area contributed by atoms with Crippen molar-refractivity contribution in [3.8, 4) is 5.69 Å². The zero-order valence-electron chi connectivity index (χ0n) is 11.4. The maximum Gasteiger partial charge on any atom is 0.278 e. The fraction of sp³-hybridized carbons (Fsp3) is 0.333. The highest BCUT2D eigenvalue weighted by Gasteiger charge is 2.32. The minimum atomic E-state index is -0.226. The van der Waals surface area contributed by atoms with E-state index in [0.29, 0.717) is 18.1 Å². The number of carbonyl (C=O) groups excluding carboxylic acids is 1. The van der Waals surface area contributed by atoms with Crippen LogP contribution in [0.2, 0.25) is 0 Å². The van der Waals surface area contributed by atoms with E-state index in [2.05, 4.69) is 10.6 Å². The predicted molar refractivity (Wildman–Crippen MR) is 74.6 cm³/mol. The van der Waals surface area contributed by atoms with Crippen molar-refractivity contribution < 1.29 is 9.63 Å². The van der Waals surface area contributed by atoms with E-state index in [1.807, 2.05) is 41.9 Å². The SMILES string of the molecule is CCONC(=O)c1cnn(-c2ccccc2)c1C1CC1. The first kappa shape index (κ1) is 12.9. The molecule has 1 fully saturated rings. The van der Waals surface area contributed by atoms with Gasteiger partial charge in [0.15, 0.2) is 0 Å². The van der Waals surface area contributed by atoms with Crippen molar-refractivity contribution in [2.24, 2.45) is 0 Å². The molecule has 1 aromatic heterocycles. The van der Waals surface area contributed by atoms with Gasteiger partial charge in [0.2, 0.25) is 0 Å². The van der Waals surface area contributed by atoms with Crippen molar-refractivity contribution in [1.29, 1.82) is 0 Å². The van der Waals surface area contributed by atoms with Crippen LogP contribution in [0, 0.1) is 0 Å². The highest BCUT2D eigenvalue weighted by atomic mass is 16.6. The molecule has 3 rings (SSSR count). The Bertz CT molecular complexity index is 603. The standard InChI is InChI=1S/C15H17N3O2/c1-2-20-17-15(19)13-10-16-18(14(13)11-8-9-11)12-6-4-3-5-7-12/h3-7,10-11H,2,8-9H2,1H3,(H,17,19). The van der Waals surface area contributed by atoms with Crippen molar-refractivity contribution in [3.05, 3.63) is 47.8 Å². The minimum absolute atomic E-state index is 0.226. The van der Waals surface area contributed by atoms with Gasteiger partial charge < -0.3 is 0 Å². The number of amides is 1.